The molecule has 184 valence electrons. The van der Waals surface area contributed by atoms with E-state index >= 15 is 0 Å². The fourth-order valence-corrected chi connectivity index (χ4v) is 6.07. The van der Waals surface area contributed by atoms with E-state index < -0.39 is 0 Å². The first-order chi connectivity index (χ1) is 17.1. The summed E-state index contributed by atoms with van der Waals surface area (Å²) in [5.41, 5.74) is 2.35. The predicted octanol–water partition coefficient (Wildman–Crippen LogP) is 4.99. The Morgan fingerprint density at radius 1 is 1.23 bits per heavy atom. The van der Waals surface area contributed by atoms with E-state index in [-0.39, 0.29) is 17.6 Å². The standard InChI is InChI=1S/C25H28N4O4S2/c1-4-14-29-22(16-10-7-8-12-18(16)32-5-2)27-28-25(29)34-15-20(30)26-23-21(24(31)33-6-3)17-11-9-13-19(17)35-23/h4,7-8,10,12H,1,5-6,9,11,13-15H2,2-3H3,(H,26,30). The van der Waals surface area contributed by atoms with Gasteiger partial charge in [0, 0.05) is 11.4 Å². The molecule has 0 saturated carbocycles. The van der Waals surface area contributed by atoms with Gasteiger partial charge in [-0.25, -0.2) is 4.79 Å². The number of benzene rings is 1. The van der Waals surface area contributed by atoms with E-state index in [1.54, 1.807) is 13.0 Å². The van der Waals surface area contributed by atoms with Gasteiger partial charge in [0.2, 0.25) is 5.91 Å². The normalized spacial score (nSPS) is 12.3. The second-order valence-electron chi connectivity index (χ2n) is 7.75. The van der Waals surface area contributed by atoms with E-state index in [9.17, 15) is 9.59 Å². The monoisotopic (exact) mass is 512 g/mol. The average Bonchev–Trinajstić information content (AvgIpc) is 3.53. The first-order valence-corrected chi connectivity index (χ1v) is 13.4. The van der Waals surface area contributed by atoms with Gasteiger partial charge in [0.05, 0.1) is 30.1 Å². The Bertz CT molecular complexity index is 1230. The zero-order valence-electron chi connectivity index (χ0n) is 19.8. The van der Waals surface area contributed by atoms with Crippen LogP contribution in [0, 0.1) is 0 Å². The third kappa shape index (κ3) is 5.43. The smallest absolute Gasteiger partial charge is 0.341 e. The number of aromatic nitrogens is 3. The second-order valence-corrected chi connectivity index (χ2v) is 9.80. The Hall–Kier alpha value is -3.11. The van der Waals surface area contributed by atoms with Crippen LogP contribution in [0.4, 0.5) is 5.00 Å². The van der Waals surface area contributed by atoms with E-state index in [0.717, 1.165) is 41.0 Å². The molecular formula is C25H28N4O4S2. The third-order valence-electron chi connectivity index (χ3n) is 5.44. The number of ether oxygens (including phenoxy) is 2. The van der Waals surface area contributed by atoms with E-state index in [1.165, 1.54) is 23.1 Å². The van der Waals surface area contributed by atoms with Gasteiger partial charge in [-0.1, -0.05) is 30.0 Å². The molecule has 1 aliphatic rings. The van der Waals surface area contributed by atoms with Crippen LogP contribution in [0.15, 0.2) is 42.1 Å². The van der Waals surface area contributed by atoms with Crippen molar-refractivity contribution in [2.24, 2.45) is 0 Å². The Kier molecular flexibility index (Phi) is 8.25. The summed E-state index contributed by atoms with van der Waals surface area (Å²) in [5, 5.41) is 12.8. The van der Waals surface area contributed by atoms with Gasteiger partial charge in [-0.2, -0.15) is 0 Å². The second kappa shape index (κ2) is 11.5. The lowest BCUT2D eigenvalue weighted by atomic mass is 10.1. The van der Waals surface area contributed by atoms with Gasteiger partial charge < -0.3 is 14.8 Å². The van der Waals surface area contributed by atoms with Crippen molar-refractivity contribution in [3.8, 4) is 17.1 Å². The Balaban J connectivity index is 1.51. The first kappa shape index (κ1) is 25.0. The van der Waals surface area contributed by atoms with Gasteiger partial charge in [0.1, 0.15) is 10.8 Å². The lowest BCUT2D eigenvalue weighted by molar-refractivity contribution is -0.113. The molecule has 1 amide bonds. The minimum Gasteiger partial charge on any atom is -0.493 e. The number of nitrogens with zero attached hydrogens (tertiary/aromatic N) is 3. The molecule has 0 radical (unpaired) electrons. The molecule has 0 bridgehead atoms. The van der Waals surface area contributed by atoms with Crippen LogP contribution in [0.1, 0.15) is 41.1 Å². The predicted molar refractivity (Wildman–Crippen MR) is 138 cm³/mol. The van der Waals surface area contributed by atoms with E-state index in [2.05, 4.69) is 22.1 Å². The minimum absolute atomic E-state index is 0.118. The molecule has 2 aromatic heterocycles. The summed E-state index contributed by atoms with van der Waals surface area (Å²) in [7, 11) is 0. The molecule has 1 aromatic carbocycles. The Morgan fingerprint density at radius 2 is 2.06 bits per heavy atom. The largest absolute Gasteiger partial charge is 0.493 e. The van der Waals surface area contributed by atoms with Crippen molar-refractivity contribution < 1.29 is 19.1 Å². The maximum Gasteiger partial charge on any atom is 0.341 e. The number of rotatable bonds is 11. The van der Waals surface area contributed by atoms with Crippen LogP contribution in [-0.4, -0.2) is 45.6 Å². The lowest BCUT2D eigenvalue weighted by Crippen LogP contribution is -2.17. The van der Waals surface area contributed by atoms with Crippen LogP contribution < -0.4 is 10.1 Å². The molecule has 0 atom stereocenters. The fraction of sp³-hybridized carbons (Fsp3) is 0.360. The number of carbonyl (C=O) groups is 2. The number of fused-ring (bicyclic) bond motifs is 1. The molecule has 0 fully saturated rings. The Morgan fingerprint density at radius 3 is 2.83 bits per heavy atom. The number of amides is 1. The van der Waals surface area contributed by atoms with Crippen molar-refractivity contribution >= 4 is 40.0 Å². The van der Waals surface area contributed by atoms with E-state index in [1.807, 2.05) is 35.8 Å². The minimum atomic E-state index is -0.377. The number of hydrogen-bond acceptors (Lipinski definition) is 8. The number of nitrogens with one attached hydrogen (secondary N) is 1. The molecular weight excluding hydrogens is 484 g/mol. The maximum absolute atomic E-state index is 12.9. The van der Waals surface area contributed by atoms with Crippen molar-refractivity contribution in [3.63, 3.8) is 0 Å². The van der Waals surface area contributed by atoms with Gasteiger partial charge in [-0.15, -0.1) is 28.1 Å². The first-order valence-electron chi connectivity index (χ1n) is 11.6. The molecule has 4 rings (SSSR count). The number of thioether (sulfide) groups is 1. The summed E-state index contributed by atoms with van der Waals surface area (Å²) in [4.78, 5) is 26.6. The molecule has 0 aliphatic heterocycles. The molecule has 0 saturated heterocycles. The fourth-order valence-electron chi connectivity index (χ4n) is 4.03. The van der Waals surface area contributed by atoms with Crippen molar-refractivity contribution in [1.82, 2.24) is 14.8 Å². The number of allylic oxidation sites excluding steroid dienone is 1. The lowest BCUT2D eigenvalue weighted by Gasteiger charge is -2.12. The molecule has 35 heavy (non-hydrogen) atoms. The third-order valence-corrected chi connectivity index (χ3v) is 7.62. The van der Waals surface area contributed by atoms with Gasteiger partial charge in [0.15, 0.2) is 11.0 Å². The molecule has 0 unspecified atom stereocenters. The zero-order valence-corrected chi connectivity index (χ0v) is 21.5. The Labute approximate surface area is 212 Å². The molecule has 1 N–H and O–H groups in total. The average molecular weight is 513 g/mol. The number of para-hydroxylation sites is 1. The summed E-state index contributed by atoms with van der Waals surface area (Å²) in [6.45, 7) is 8.87. The van der Waals surface area contributed by atoms with E-state index in [0.29, 0.717) is 41.3 Å². The summed E-state index contributed by atoms with van der Waals surface area (Å²) >= 11 is 2.75. The summed E-state index contributed by atoms with van der Waals surface area (Å²) in [6.07, 6.45) is 4.54. The zero-order chi connectivity index (χ0) is 24.8. The highest BCUT2D eigenvalue weighted by Gasteiger charge is 2.28. The SMILES string of the molecule is C=CCn1c(SCC(=O)Nc2sc3c(c2C(=O)OCC)CCC3)nnc1-c1ccccc1OCC. The van der Waals surface area contributed by atoms with Crippen LogP contribution in [-0.2, 0) is 28.9 Å². The van der Waals surface area contributed by atoms with Crippen molar-refractivity contribution in [3.05, 3.63) is 52.9 Å². The van der Waals surface area contributed by atoms with Crippen molar-refractivity contribution in [2.75, 3.05) is 24.3 Å². The highest BCUT2D eigenvalue weighted by Crippen LogP contribution is 2.39. The van der Waals surface area contributed by atoms with Gasteiger partial charge in [0.25, 0.3) is 0 Å². The van der Waals surface area contributed by atoms with Crippen LogP contribution in [0.2, 0.25) is 0 Å². The molecule has 0 spiro atoms. The van der Waals surface area contributed by atoms with Crippen molar-refractivity contribution in [1.29, 1.82) is 0 Å². The highest BCUT2D eigenvalue weighted by molar-refractivity contribution is 7.99. The van der Waals surface area contributed by atoms with E-state index in [4.69, 9.17) is 9.47 Å². The van der Waals surface area contributed by atoms with Crippen molar-refractivity contribution in [2.45, 2.75) is 44.8 Å². The van der Waals surface area contributed by atoms with Crippen LogP contribution in [0.25, 0.3) is 11.4 Å². The number of hydrogen-bond donors (Lipinski definition) is 1. The van der Waals surface area contributed by atoms with Gasteiger partial charge >= 0.3 is 5.97 Å². The van der Waals surface area contributed by atoms with Gasteiger partial charge in [-0.05, 0) is 50.8 Å². The number of anilines is 1. The molecule has 8 nitrogen and oxygen atoms in total. The summed E-state index contributed by atoms with van der Waals surface area (Å²) in [5.74, 6) is 0.895. The summed E-state index contributed by atoms with van der Waals surface area (Å²) < 4.78 is 12.9. The number of carbonyl (C=O) groups excluding carboxylic acids is 2. The highest BCUT2D eigenvalue weighted by atomic mass is 32.2. The number of esters is 1. The molecule has 2 heterocycles. The topological polar surface area (TPSA) is 95.3 Å². The number of aryl methyl sites for hydroxylation is 1. The molecule has 10 heteroatoms. The number of thiophene rings is 1. The molecule has 3 aromatic rings. The van der Waals surface area contributed by atoms with Crippen LogP contribution in [0.3, 0.4) is 0 Å². The van der Waals surface area contributed by atoms with Crippen LogP contribution in [0.5, 0.6) is 5.75 Å². The maximum atomic E-state index is 12.9. The summed E-state index contributed by atoms with van der Waals surface area (Å²) in [6, 6.07) is 7.66. The van der Waals surface area contributed by atoms with Gasteiger partial charge in [-0.3, -0.25) is 9.36 Å². The van der Waals surface area contributed by atoms with Crippen LogP contribution >= 0.6 is 23.1 Å². The quantitative estimate of drug-likeness (QED) is 0.220. The molecule has 1 aliphatic carbocycles.